The van der Waals surface area contributed by atoms with E-state index in [-0.39, 0.29) is 6.86 Å². The molecule has 0 amide bonds. The van der Waals surface area contributed by atoms with Gasteiger partial charge in [0.15, 0.2) is 5.43 Å². The molecule has 3 aromatic heterocycles. The van der Waals surface area contributed by atoms with Crippen LogP contribution < -0.4 is 5.43 Å². The van der Waals surface area contributed by atoms with E-state index in [2.05, 4.69) is 33.8 Å². The summed E-state index contributed by atoms with van der Waals surface area (Å²) in [5, 5.41) is 1.57. The first kappa shape index (κ1) is 14.8. The van der Waals surface area contributed by atoms with Crippen LogP contribution in [0.2, 0.25) is 0 Å². The van der Waals surface area contributed by atoms with Gasteiger partial charge in [0.25, 0.3) is 0 Å². The standard InChI is InChI=1S/C10H7N3O.C7H15N.H2/c14-8-2-4-11-9-6-1-3-12-10(6)13-5-7(8)9;1-7-3-5-8(2)6-4-7;/h1-5H,(H,11,14)(H,12,13);7H,3-6H2,1-2H3;1H. The number of hydrogen-bond acceptors (Lipinski definition) is 3. The highest BCUT2D eigenvalue weighted by Crippen LogP contribution is 2.17. The van der Waals surface area contributed by atoms with Crippen molar-refractivity contribution in [3.63, 3.8) is 0 Å². The summed E-state index contributed by atoms with van der Waals surface area (Å²) in [5.74, 6) is 0.978. The summed E-state index contributed by atoms with van der Waals surface area (Å²) >= 11 is 0. The van der Waals surface area contributed by atoms with Gasteiger partial charge in [-0.25, -0.2) is 4.98 Å². The molecule has 0 saturated carbocycles. The first-order valence-electron chi connectivity index (χ1n) is 7.77. The molecular weight excluding hydrogens is 276 g/mol. The van der Waals surface area contributed by atoms with Crippen LogP contribution in [0, 0.1) is 5.92 Å². The van der Waals surface area contributed by atoms with Crippen molar-refractivity contribution in [1.82, 2.24) is 19.9 Å². The minimum atomic E-state index is -0.00523. The average Bonchev–Trinajstić information content (AvgIpc) is 3.00. The van der Waals surface area contributed by atoms with Crippen LogP contribution in [0.5, 0.6) is 0 Å². The maximum absolute atomic E-state index is 11.5. The van der Waals surface area contributed by atoms with Crippen LogP contribution in [-0.2, 0) is 0 Å². The molecule has 22 heavy (non-hydrogen) atoms. The Bertz CT molecular complexity index is 808. The van der Waals surface area contributed by atoms with Gasteiger partial charge in [-0.1, -0.05) is 6.92 Å². The zero-order valence-electron chi connectivity index (χ0n) is 13.1. The zero-order chi connectivity index (χ0) is 15.5. The largest absolute Gasteiger partial charge is 0.360 e. The number of rotatable bonds is 0. The van der Waals surface area contributed by atoms with Crippen LogP contribution in [-0.4, -0.2) is 40.0 Å². The van der Waals surface area contributed by atoms with E-state index in [1.807, 2.05) is 12.3 Å². The first-order chi connectivity index (χ1) is 10.6. The maximum Gasteiger partial charge on any atom is 0.190 e. The highest BCUT2D eigenvalue weighted by Gasteiger charge is 2.10. The number of likely N-dealkylation sites (tertiary alicyclic amines) is 1. The van der Waals surface area contributed by atoms with Crippen LogP contribution in [0.25, 0.3) is 21.9 Å². The predicted molar refractivity (Wildman–Crippen MR) is 92.2 cm³/mol. The van der Waals surface area contributed by atoms with E-state index < -0.39 is 0 Å². The van der Waals surface area contributed by atoms with Gasteiger partial charge in [0.1, 0.15) is 5.65 Å². The van der Waals surface area contributed by atoms with Gasteiger partial charge in [-0.2, -0.15) is 0 Å². The molecule has 0 bridgehead atoms. The Hall–Kier alpha value is -2.14. The summed E-state index contributed by atoms with van der Waals surface area (Å²) < 4.78 is 0. The quantitative estimate of drug-likeness (QED) is 0.671. The summed E-state index contributed by atoms with van der Waals surface area (Å²) in [6, 6.07) is 3.41. The summed E-state index contributed by atoms with van der Waals surface area (Å²) in [6.07, 6.45) is 7.85. The Morgan fingerprint density at radius 1 is 1.18 bits per heavy atom. The number of aromatic nitrogens is 3. The normalized spacial score (nSPS) is 16.6. The molecule has 0 spiro atoms. The Balaban J connectivity index is 0.000000185. The molecule has 4 heterocycles. The van der Waals surface area contributed by atoms with Crippen molar-refractivity contribution in [3.8, 4) is 0 Å². The fraction of sp³-hybridized carbons (Fsp3) is 0.412. The molecular formula is C17H24N4O. The molecule has 5 nitrogen and oxygen atoms in total. The molecule has 4 rings (SSSR count). The molecule has 118 valence electrons. The molecule has 5 heteroatoms. The van der Waals surface area contributed by atoms with E-state index in [0.29, 0.717) is 5.39 Å². The molecule has 3 aromatic rings. The minimum absolute atomic E-state index is 0. The number of fused-ring (bicyclic) bond motifs is 3. The maximum atomic E-state index is 11.5. The summed E-state index contributed by atoms with van der Waals surface area (Å²) in [4.78, 5) is 24.1. The Labute approximate surface area is 130 Å². The molecule has 0 aromatic carbocycles. The third kappa shape index (κ3) is 3.04. The van der Waals surface area contributed by atoms with E-state index in [9.17, 15) is 4.79 Å². The highest BCUT2D eigenvalue weighted by atomic mass is 16.1. The lowest BCUT2D eigenvalue weighted by molar-refractivity contribution is 0.230. The monoisotopic (exact) mass is 300 g/mol. The molecule has 2 N–H and O–H groups in total. The van der Waals surface area contributed by atoms with E-state index in [4.69, 9.17) is 0 Å². The number of aromatic amines is 2. The molecule has 1 aliphatic rings. The number of pyridine rings is 2. The van der Waals surface area contributed by atoms with Gasteiger partial charge in [0.05, 0.1) is 10.9 Å². The third-order valence-electron chi connectivity index (χ3n) is 4.32. The van der Waals surface area contributed by atoms with Crippen LogP contribution in [0.4, 0.5) is 0 Å². The second kappa shape index (κ2) is 6.32. The van der Waals surface area contributed by atoms with Crippen LogP contribution in [0.3, 0.4) is 0 Å². The lowest BCUT2D eigenvalue weighted by Gasteiger charge is -2.26. The van der Waals surface area contributed by atoms with Gasteiger partial charge in [0, 0.05) is 31.5 Å². The van der Waals surface area contributed by atoms with E-state index in [1.165, 1.54) is 32.0 Å². The molecule has 0 unspecified atom stereocenters. The third-order valence-corrected chi connectivity index (χ3v) is 4.32. The Morgan fingerprint density at radius 2 is 1.91 bits per heavy atom. The molecule has 0 atom stereocenters. The lowest BCUT2D eigenvalue weighted by atomic mass is 10.00. The predicted octanol–water partition coefficient (Wildman–Crippen LogP) is 3.00. The average molecular weight is 300 g/mol. The van der Waals surface area contributed by atoms with E-state index in [1.54, 1.807) is 12.4 Å². The van der Waals surface area contributed by atoms with Crippen molar-refractivity contribution in [2.45, 2.75) is 19.8 Å². The second-order valence-electron chi connectivity index (χ2n) is 6.11. The van der Waals surface area contributed by atoms with Gasteiger partial charge in [-0.3, -0.25) is 4.79 Å². The smallest absolute Gasteiger partial charge is 0.190 e. The fourth-order valence-electron chi connectivity index (χ4n) is 2.78. The van der Waals surface area contributed by atoms with Crippen molar-refractivity contribution in [2.75, 3.05) is 20.1 Å². The molecule has 0 radical (unpaired) electrons. The number of nitrogens with zero attached hydrogens (tertiary/aromatic N) is 2. The summed E-state index contributed by atoms with van der Waals surface area (Å²) in [7, 11) is 2.20. The first-order valence-corrected chi connectivity index (χ1v) is 7.77. The molecule has 0 aliphatic carbocycles. The SMILES string of the molecule is CC1CCN(C)CC1.O=c1cc[nH]c2c1cnc1[nH]ccc12.[HH]. The molecule has 1 saturated heterocycles. The summed E-state index contributed by atoms with van der Waals surface area (Å²) in [5.41, 5.74) is 1.62. The number of piperidine rings is 1. The second-order valence-corrected chi connectivity index (χ2v) is 6.11. The van der Waals surface area contributed by atoms with Crippen LogP contribution in [0.1, 0.15) is 21.2 Å². The van der Waals surface area contributed by atoms with Crippen molar-refractivity contribution in [1.29, 1.82) is 0 Å². The van der Waals surface area contributed by atoms with Gasteiger partial charge in [0.2, 0.25) is 0 Å². The minimum Gasteiger partial charge on any atom is -0.360 e. The highest BCUT2D eigenvalue weighted by molar-refractivity contribution is 6.01. The fourth-order valence-corrected chi connectivity index (χ4v) is 2.78. The number of H-pyrrole nitrogens is 2. The van der Waals surface area contributed by atoms with Gasteiger partial charge in [-0.05, 0) is 45.0 Å². The van der Waals surface area contributed by atoms with Gasteiger partial charge >= 0.3 is 0 Å². The van der Waals surface area contributed by atoms with Crippen molar-refractivity contribution in [2.24, 2.45) is 5.92 Å². The van der Waals surface area contributed by atoms with Crippen molar-refractivity contribution in [3.05, 3.63) is 40.9 Å². The van der Waals surface area contributed by atoms with E-state index in [0.717, 1.165) is 22.5 Å². The molecule has 1 fully saturated rings. The number of hydrogen-bond donors (Lipinski definition) is 2. The van der Waals surface area contributed by atoms with E-state index >= 15 is 0 Å². The topological polar surface area (TPSA) is 64.8 Å². The van der Waals surface area contributed by atoms with Crippen LogP contribution in [0.15, 0.2) is 35.5 Å². The summed E-state index contributed by atoms with van der Waals surface area (Å²) in [6.45, 7) is 4.95. The number of nitrogens with one attached hydrogen (secondary N) is 2. The zero-order valence-corrected chi connectivity index (χ0v) is 13.1. The Kier molecular flexibility index (Phi) is 4.24. The van der Waals surface area contributed by atoms with Crippen molar-refractivity contribution < 1.29 is 1.43 Å². The van der Waals surface area contributed by atoms with Crippen molar-refractivity contribution >= 4 is 21.9 Å². The van der Waals surface area contributed by atoms with Gasteiger partial charge in [-0.15, -0.1) is 0 Å². The lowest BCUT2D eigenvalue weighted by Crippen LogP contribution is -2.28. The molecule has 1 aliphatic heterocycles. The van der Waals surface area contributed by atoms with Crippen LogP contribution >= 0.6 is 0 Å². The van der Waals surface area contributed by atoms with Gasteiger partial charge < -0.3 is 14.9 Å². The Morgan fingerprint density at radius 3 is 2.64 bits per heavy atom.